The standard InChI is InChI=1S/C8H17N3O2S/c9-14(12,13)11-6-3-8(7-11)1-4-10-5-2-8/h10H,1-7H2,(H2,9,12,13). The topological polar surface area (TPSA) is 75.4 Å². The molecule has 0 bridgehead atoms. The smallest absolute Gasteiger partial charge is 0.276 e. The number of rotatable bonds is 1. The van der Waals surface area contributed by atoms with Crippen LogP contribution in [0.1, 0.15) is 19.3 Å². The molecule has 0 aromatic rings. The van der Waals surface area contributed by atoms with Crippen LogP contribution in [-0.2, 0) is 10.2 Å². The summed E-state index contributed by atoms with van der Waals surface area (Å²) in [4.78, 5) is 0. The number of nitrogens with zero attached hydrogens (tertiary/aromatic N) is 1. The lowest BCUT2D eigenvalue weighted by Gasteiger charge is -2.33. The lowest BCUT2D eigenvalue weighted by Crippen LogP contribution is -2.41. The fraction of sp³-hybridized carbons (Fsp3) is 1.00. The van der Waals surface area contributed by atoms with Crippen LogP contribution in [0.25, 0.3) is 0 Å². The normalized spacial score (nSPS) is 28.4. The molecule has 2 aliphatic heterocycles. The van der Waals surface area contributed by atoms with E-state index in [0.29, 0.717) is 13.1 Å². The molecule has 0 aromatic carbocycles. The zero-order valence-electron chi connectivity index (χ0n) is 8.20. The van der Waals surface area contributed by atoms with E-state index in [4.69, 9.17) is 5.14 Å². The maximum absolute atomic E-state index is 11.1. The monoisotopic (exact) mass is 219 g/mol. The van der Waals surface area contributed by atoms with Gasteiger partial charge >= 0.3 is 0 Å². The Kier molecular flexibility index (Phi) is 2.55. The summed E-state index contributed by atoms with van der Waals surface area (Å²) in [5.41, 5.74) is 0.206. The van der Waals surface area contributed by atoms with Crippen LogP contribution in [-0.4, -0.2) is 38.9 Å². The highest BCUT2D eigenvalue weighted by Gasteiger charge is 2.41. The third-order valence-electron chi connectivity index (χ3n) is 3.43. The predicted molar refractivity (Wildman–Crippen MR) is 53.8 cm³/mol. The number of nitrogens with two attached hydrogens (primary N) is 1. The number of nitrogens with one attached hydrogen (secondary N) is 1. The molecular weight excluding hydrogens is 202 g/mol. The molecule has 5 nitrogen and oxygen atoms in total. The Morgan fingerprint density at radius 2 is 1.86 bits per heavy atom. The molecular formula is C8H17N3O2S. The van der Waals surface area contributed by atoms with Gasteiger partial charge in [0, 0.05) is 13.1 Å². The Morgan fingerprint density at radius 3 is 2.36 bits per heavy atom. The SMILES string of the molecule is NS(=O)(=O)N1CCC2(CCNCC2)C1. The third kappa shape index (κ3) is 1.93. The molecule has 2 aliphatic rings. The van der Waals surface area contributed by atoms with Crippen molar-refractivity contribution in [2.24, 2.45) is 10.6 Å². The summed E-state index contributed by atoms with van der Waals surface area (Å²) < 4.78 is 23.7. The highest BCUT2D eigenvalue weighted by atomic mass is 32.2. The first-order chi connectivity index (χ1) is 6.52. The molecule has 1 spiro atoms. The summed E-state index contributed by atoms with van der Waals surface area (Å²) in [6, 6.07) is 0. The first kappa shape index (κ1) is 10.4. The zero-order chi connectivity index (χ0) is 10.2. The molecule has 0 unspecified atom stereocenters. The molecule has 2 fully saturated rings. The van der Waals surface area contributed by atoms with E-state index in [1.165, 1.54) is 4.31 Å². The van der Waals surface area contributed by atoms with Gasteiger partial charge in [-0.15, -0.1) is 0 Å². The van der Waals surface area contributed by atoms with Gasteiger partial charge in [-0.2, -0.15) is 12.7 Å². The summed E-state index contributed by atoms with van der Waals surface area (Å²) in [6.45, 7) is 3.21. The van der Waals surface area contributed by atoms with E-state index in [9.17, 15) is 8.42 Å². The van der Waals surface area contributed by atoms with Gasteiger partial charge in [0.2, 0.25) is 0 Å². The Morgan fingerprint density at radius 1 is 1.21 bits per heavy atom. The molecule has 2 saturated heterocycles. The summed E-state index contributed by atoms with van der Waals surface area (Å²) in [6.07, 6.45) is 3.10. The zero-order valence-corrected chi connectivity index (χ0v) is 9.02. The number of hydrogen-bond donors (Lipinski definition) is 2. The molecule has 2 heterocycles. The molecule has 6 heteroatoms. The van der Waals surface area contributed by atoms with Crippen molar-refractivity contribution in [1.82, 2.24) is 9.62 Å². The van der Waals surface area contributed by atoms with Crippen molar-refractivity contribution >= 4 is 10.2 Å². The van der Waals surface area contributed by atoms with E-state index in [0.717, 1.165) is 32.4 Å². The largest absolute Gasteiger partial charge is 0.317 e. The van der Waals surface area contributed by atoms with Crippen LogP contribution in [0.2, 0.25) is 0 Å². The minimum atomic E-state index is -3.46. The van der Waals surface area contributed by atoms with Crippen molar-refractivity contribution in [2.45, 2.75) is 19.3 Å². The van der Waals surface area contributed by atoms with E-state index in [1.807, 2.05) is 0 Å². The molecule has 0 atom stereocenters. The van der Waals surface area contributed by atoms with Crippen molar-refractivity contribution < 1.29 is 8.42 Å². The highest BCUT2D eigenvalue weighted by Crippen LogP contribution is 2.38. The highest BCUT2D eigenvalue weighted by molar-refractivity contribution is 7.86. The molecule has 2 rings (SSSR count). The second kappa shape index (κ2) is 3.44. The predicted octanol–water partition coefficient (Wildman–Crippen LogP) is -0.735. The lowest BCUT2D eigenvalue weighted by molar-refractivity contribution is 0.218. The van der Waals surface area contributed by atoms with E-state index < -0.39 is 10.2 Å². The molecule has 0 aromatic heterocycles. The van der Waals surface area contributed by atoms with E-state index in [-0.39, 0.29) is 5.41 Å². The maximum Gasteiger partial charge on any atom is 0.276 e. The Balaban J connectivity index is 2.06. The average molecular weight is 219 g/mol. The van der Waals surface area contributed by atoms with Gasteiger partial charge in [0.25, 0.3) is 10.2 Å². The molecule has 0 radical (unpaired) electrons. The van der Waals surface area contributed by atoms with Gasteiger partial charge in [-0.05, 0) is 37.8 Å². The van der Waals surface area contributed by atoms with Gasteiger partial charge in [0.15, 0.2) is 0 Å². The van der Waals surface area contributed by atoms with Crippen molar-refractivity contribution in [3.8, 4) is 0 Å². The third-order valence-corrected chi connectivity index (χ3v) is 4.46. The van der Waals surface area contributed by atoms with Gasteiger partial charge in [-0.3, -0.25) is 0 Å². The molecule has 3 N–H and O–H groups in total. The van der Waals surface area contributed by atoms with Crippen LogP contribution in [0.3, 0.4) is 0 Å². The van der Waals surface area contributed by atoms with Crippen LogP contribution in [0.15, 0.2) is 0 Å². The van der Waals surface area contributed by atoms with Gasteiger partial charge in [-0.1, -0.05) is 0 Å². The first-order valence-corrected chi connectivity index (χ1v) is 6.51. The van der Waals surface area contributed by atoms with Crippen LogP contribution >= 0.6 is 0 Å². The Bertz CT molecular complexity index is 309. The average Bonchev–Trinajstić information content (AvgIpc) is 2.50. The van der Waals surface area contributed by atoms with E-state index in [2.05, 4.69) is 5.32 Å². The number of piperidine rings is 1. The summed E-state index contributed by atoms with van der Waals surface area (Å²) in [7, 11) is -3.46. The number of hydrogen-bond acceptors (Lipinski definition) is 3. The first-order valence-electron chi connectivity index (χ1n) is 5.01. The summed E-state index contributed by atoms with van der Waals surface area (Å²) in [5.74, 6) is 0. The Hall–Kier alpha value is -0.170. The second-order valence-electron chi connectivity index (χ2n) is 4.38. The van der Waals surface area contributed by atoms with Crippen LogP contribution in [0, 0.1) is 5.41 Å². The fourth-order valence-corrected chi connectivity index (χ4v) is 3.28. The van der Waals surface area contributed by atoms with Gasteiger partial charge in [0.05, 0.1) is 0 Å². The van der Waals surface area contributed by atoms with Crippen molar-refractivity contribution in [3.05, 3.63) is 0 Å². The minimum Gasteiger partial charge on any atom is -0.317 e. The molecule has 0 amide bonds. The van der Waals surface area contributed by atoms with E-state index >= 15 is 0 Å². The van der Waals surface area contributed by atoms with Gasteiger partial charge in [-0.25, -0.2) is 5.14 Å². The lowest BCUT2D eigenvalue weighted by atomic mass is 9.78. The van der Waals surface area contributed by atoms with Crippen molar-refractivity contribution in [3.63, 3.8) is 0 Å². The fourth-order valence-electron chi connectivity index (χ4n) is 2.48. The van der Waals surface area contributed by atoms with Crippen molar-refractivity contribution in [1.29, 1.82) is 0 Å². The summed E-state index contributed by atoms with van der Waals surface area (Å²) >= 11 is 0. The van der Waals surface area contributed by atoms with Crippen LogP contribution < -0.4 is 10.5 Å². The second-order valence-corrected chi connectivity index (χ2v) is 5.92. The van der Waals surface area contributed by atoms with Crippen molar-refractivity contribution in [2.75, 3.05) is 26.2 Å². The summed E-state index contributed by atoms with van der Waals surface area (Å²) in [5, 5.41) is 8.40. The van der Waals surface area contributed by atoms with Gasteiger partial charge in [0.1, 0.15) is 0 Å². The van der Waals surface area contributed by atoms with Crippen LogP contribution in [0.5, 0.6) is 0 Å². The minimum absolute atomic E-state index is 0.206. The molecule has 0 saturated carbocycles. The molecule has 14 heavy (non-hydrogen) atoms. The molecule has 0 aliphatic carbocycles. The van der Waals surface area contributed by atoms with Crippen LogP contribution in [0.4, 0.5) is 0 Å². The van der Waals surface area contributed by atoms with Gasteiger partial charge < -0.3 is 5.32 Å². The quantitative estimate of drug-likeness (QED) is 0.610. The molecule has 82 valence electrons. The Labute approximate surface area is 84.8 Å². The van der Waals surface area contributed by atoms with E-state index in [1.54, 1.807) is 0 Å². The maximum atomic E-state index is 11.1.